The van der Waals surface area contributed by atoms with E-state index < -0.39 is 0 Å². The number of piperidine rings is 1. The molecule has 28 heavy (non-hydrogen) atoms. The number of nitrogens with two attached hydrogens (primary N) is 1. The maximum Gasteiger partial charge on any atom is 0.254 e. The van der Waals surface area contributed by atoms with Gasteiger partial charge in [-0.2, -0.15) is 0 Å². The van der Waals surface area contributed by atoms with Crippen LogP contribution < -0.4 is 10.1 Å². The summed E-state index contributed by atoms with van der Waals surface area (Å²) in [6.07, 6.45) is 4.52. The summed E-state index contributed by atoms with van der Waals surface area (Å²) in [5, 5.41) is 2.37. The molecule has 148 valence electrons. The number of ether oxygens (including phenoxy) is 1. The van der Waals surface area contributed by atoms with E-state index in [9.17, 15) is 4.79 Å². The molecule has 1 fully saturated rings. The van der Waals surface area contributed by atoms with Gasteiger partial charge < -0.3 is 15.0 Å². The van der Waals surface area contributed by atoms with Gasteiger partial charge in [-0.15, -0.1) is 0 Å². The fourth-order valence-corrected chi connectivity index (χ4v) is 3.81. The Balaban J connectivity index is 1.76. The molecule has 2 N–H and O–H groups in total. The van der Waals surface area contributed by atoms with Crippen LogP contribution in [0.1, 0.15) is 35.7 Å². The zero-order valence-electron chi connectivity index (χ0n) is 16.9. The van der Waals surface area contributed by atoms with Crippen LogP contribution in [0.15, 0.2) is 60.2 Å². The molecular weight excluding hydrogens is 348 g/mol. The molecule has 2 aromatic carbocycles. The van der Waals surface area contributed by atoms with Gasteiger partial charge in [-0.3, -0.25) is 4.79 Å². The minimum atomic E-state index is 0.0954. The van der Waals surface area contributed by atoms with E-state index in [-0.39, 0.29) is 5.91 Å². The molecule has 0 aromatic heterocycles. The Hall–Kier alpha value is -2.59. The maximum absolute atomic E-state index is 13.3. The number of quaternary nitrogens is 1. The van der Waals surface area contributed by atoms with Crippen molar-refractivity contribution in [2.24, 2.45) is 5.92 Å². The summed E-state index contributed by atoms with van der Waals surface area (Å²) in [6.45, 7) is 5.90. The van der Waals surface area contributed by atoms with E-state index in [1.807, 2.05) is 47.4 Å². The minimum absolute atomic E-state index is 0.0954. The van der Waals surface area contributed by atoms with E-state index in [0.717, 1.165) is 30.9 Å². The highest BCUT2D eigenvalue weighted by Crippen LogP contribution is 2.18. The number of nitrogens with zero attached hydrogens (tertiary/aromatic N) is 1. The Kier molecular flexibility index (Phi) is 7.26. The Morgan fingerprint density at radius 1 is 1.11 bits per heavy atom. The lowest BCUT2D eigenvalue weighted by atomic mass is 9.97. The molecule has 0 unspecified atom stereocenters. The standard InChI is InChI=1S/C24H30N2O2/c1-19(16-20-6-4-3-5-7-20)17-26(18-21-12-14-25-15-13-21)24(27)22-8-10-23(28-2)11-9-22/h3-11,16,21,25H,12-15,17-18H2,1-2H3/p+1/b19-16-. The second-order valence-corrected chi connectivity index (χ2v) is 7.62. The van der Waals surface area contributed by atoms with Crippen LogP contribution in [0.4, 0.5) is 0 Å². The molecule has 4 nitrogen and oxygen atoms in total. The molecule has 1 heterocycles. The van der Waals surface area contributed by atoms with Crippen molar-refractivity contribution in [1.29, 1.82) is 0 Å². The smallest absolute Gasteiger partial charge is 0.254 e. The van der Waals surface area contributed by atoms with Gasteiger partial charge in [-0.05, 0) is 42.7 Å². The molecule has 0 aliphatic carbocycles. The fraction of sp³-hybridized carbons (Fsp3) is 0.375. The maximum atomic E-state index is 13.3. The quantitative estimate of drug-likeness (QED) is 0.803. The van der Waals surface area contributed by atoms with Crippen LogP contribution in [0.25, 0.3) is 6.08 Å². The largest absolute Gasteiger partial charge is 0.497 e. The molecule has 0 spiro atoms. The third-order valence-corrected chi connectivity index (χ3v) is 5.31. The monoisotopic (exact) mass is 379 g/mol. The molecule has 1 saturated heterocycles. The van der Waals surface area contributed by atoms with Gasteiger partial charge in [0.2, 0.25) is 0 Å². The van der Waals surface area contributed by atoms with Crippen molar-refractivity contribution in [3.8, 4) is 5.75 Å². The summed E-state index contributed by atoms with van der Waals surface area (Å²) in [5.74, 6) is 1.45. The molecule has 0 bridgehead atoms. The van der Waals surface area contributed by atoms with Crippen LogP contribution in [0.3, 0.4) is 0 Å². The number of carbonyl (C=O) groups is 1. The number of hydrogen-bond acceptors (Lipinski definition) is 2. The fourth-order valence-electron chi connectivity index (χ4n) is 3.81. The highest BCUT2D eigenvalue weighted by molar-refractivity contribution is 5.94. The normalized spacial score (nSPS) is 15.3. The first kappa shape index (κ1) is 20.2. The van der Waals surface area contributed by atoms with Crippen LogP contribution in [-0.2, 0) is 0 Å². The Bertz CT molecular complexity index is 778. The average Bonchev–Trinajstić information content (AvgIpc) is 2.74. The molecule has 0 saturated carbocycles. The number of amides is 1. The highest BCUT2D eigenvalue weighted by atomic mass is 16.5. The highest BCUT2D eigenvalue weighted by Gasteiger charge is 2.23. The van der Waals surface area contributed by atoms with Crippen molar-refractivity contribution in [3.05, 3.63) is 71.3 Å². The first-order valence-corrected chi connectivity index (χ1v) is 10.1. The predicted octanol–water partition coefficient (Wildman–Crippen LogP) is 3.21. The number of methoxy groups -OCH3 is 1. The van der Waals surface area contributed by atoms with E-state index in [1.54, 1.807) is 7.11 Å². The van der Waals surface area contributed by atoms with Crippen LogP contribution >= 0.6 is 0 Å². The lowest BCUT2D eigenvalue weighted by molar-refractivity contribution is -0.664. The second kappa shape index (κ2) is 10.1. The number of rotatable bonds is 7. The molecule has 0 radical (unpaired) electrons. The van der Waals surface area contributed by atoms with E-state index >= 15 is 0 Å². The van der Waals surface area contributed by atoms with E-state index in [1.165, 1.54) is 24.0 Å². The van der Waals surface area contributed by atoms with Gasteiger partial charge in [0.1, 0.15) is 5.75 Å². The molecule has 4 heteroatoms. The van der Waals surface area contributed by atoms with Gasteiger partial charge >= 0.3 is 0 Å². The molecule has 3 rings (SSSR count). The van der Waals surface area contributed by atoms with Crippen molar-refractivity contribution < 1.29 is 14.8 Å². The van der Waals surface area contributed by atoms with Crippen molar-refractivity contribution in [3.63, 3.8) is 0 Å². The topological polar surface area (TPSA) is 46.1 Å². The van der Waals surface area contributed by atoms with Crippen LogP contribution in [0.2, 0.25) is 0 Å². The summed E-state index contributed by atoms with van der Waals surface area (Å²) in [4.78, 5) is 15.3. The van der Waals surface area contributed by atoms with Crippen molar-refractivity contribution in [2.45, 2.75) is 19.8 Å². The molecular formula is C24H31N2O2+. The van der Waals surface area contributed by atoms with Crippen molar-refractivity contribution in [1.82, 2.24) is 4.90 Å². The van der Waals surface area contributed by atoms with Crippen molar-refractivity contribution >= 4 is 12.0 Å². The molecule has 1 aliphatic rings. The first-order valence-electron chi connectivity index (χ1n) is 10.1. The number of benzene rings is 2. The van der Waals surface area contributed by atoms with Gasteiger partial charge in [0.25, 0.3) is 5.91 Å². The number of hydrogen-bond donors (Lipinski definition) is 1. The summed E-state index contributed by atoms with van der Waals surface area (Å²) >= 11 is 0. The molecule has 2 aromatic rings. The molecule has 1 amide bonds. The van der Waals surface area contributed by atoms with Crippen LogP contribution in [0, 0.1) is 5.92 Å². The Morgan fingerprint density at radius 2 is 1.79 bits per heavy atom. The number of carbonyl (C=O) groups excluding carboxylic acids is 1. The third-order valence-electron chi connectivity index (χ3n) is 5.31. The van der Waals surface area contributed by atoms with Gasteiger partial charge in [0, 0.05) is 31.5 Å². The Morgan fingerprint density at radius 3 is 2.43 bits per heavy atom. The average molecular weight is 380 g/mol. The summed E-state index contributed by atoms with van der Waals surface area (Å²) in [6, 6.07) is 17.7. The first-order chi connectivity index (χ1) is 13.7. The zero-order valence-corrected chi connectivity index (χ0v) is 16.9. The molecule has 1 aliphatic heterocycles. The van der Waals surface area contributed by atoms with Gasteiger partial charge in [-0.25, -0.2) is 0 Å². The minimum Gasteiger partial charge on any atom is -0.497 e. The van der Waals surface area contributed by atoms with Gasteiger partial charge in [0.15, 0.2) is 0 Å². The van der Waals surface area contributed by atoms with Crippen LogP contribution in [-0.4, -0.2) is 44.1 Å². The van der Waals surface area contributed by atoms with E-state index in [2.05, 4.69) is 30.4 Å². The van der Waals surface area contributed by atoms with Crippen LogP contribution in [0.5, 0.6) is 5.75 Å². The van der Waals surface area contributed by atoms with Crippen molar-refractivity contribution in [2.75, 3.05) is 33.3 Å². The SMILES string of the molecule is COc1ccc(C(=O)N(C/C(C)=C\c2ccccc2)CC2CC[NH2+]CC2)cc1. The summed E-state index contributed by atoms with van der Waals surface area (Å²) < 4.78 is 5.22. The third kappa shape index (κ3) is 5.70. The van der Waals surface area contributed by atoms with E-state index in [4.69, 9.17) is 4.74 Å². The second-order valence-electron chi connectivity index (χ2n) is 7.62. The lowest BCUT2D eigenvalue weighted by Crippen LogP contribution is -2.86. The predicted molar refractivity (Wildman–Crippen MR) is 113 cm³/mol. The lowest BCUT2D eigenvalue weighted by Gasteiger charge is -2.29. The Labute approximate surface area is 168 Å². The van der Waals surface area contributed by atoms with Gasteiger partial charge in [-0.1, -0.05) is 42.0 Å². The zero-order chi connectivity index (χ0) is 19.8. The van der Waals surface area contributed by atoms with E-state index in [0.29, 0.717) is 12.5 Å². The molecule has 0 atom stereocenters. The summed E-state index contributed by atoms with van der Waals surface area (Å²) in [5.41, 5.74) is 3.08. The van der Waals surface area contributed by atoms with Gasteiger partial charge in [0.05, 0.1) is 20.2 Å². The summed E-state index contributed by atoms with van der Waals surface area (Å²) in [7, 11) is 1.64.